The second kappa shape index (κ2) is 3.59. The molecule has 0 atom stereocenters. The van der Waals surface area contributed by atoms with Crippen LogP contribution in [0.1, 0.15) is 11.3 Å². The van der Waals surface area contributed by atoms with E-state index >= 15 is 0 Å². The third-order valence-electron chi connectivity index (χ3n) is 2.45. The van der Waals surface area contributed by atoms with Crippen molar-refractivity contribution in [2.24, 2.45) is 0 Å². The number of nitrogens with one attached hydrogen (secondary N) is 1. The maximum absolute atomic E-state index is 11.8. The first kappa shape index (κ1) is 10.1. The van der Waals surface area contributed by atoms with Crippen LogP contribution >= 0.6 is 11.6 Å². The van der Waals surface area contributed by atoms with Crippen molar-refractivity contribution >= 4 is 11.6 Å². The molecule has 78 valence electrons. The summed E-state index contributed by atoms with van der Waals surface area (Å²) in [4.78, 5) is 11.8. The smallest absolute Gasteiger partial charge is 0.274 e. The van der Waals surface area contributed by atoms with Crippen LogP contribution in [-0.2, 0) is 0 Å². The number of aromatic amines is 1. The van der Waals surface area contributed by atoms with E-state index in [4.69, 9.17) is 11.6 Å². The van der Waals surface area contributed by atoms with Gasteiger partial charge in [-0.3, -0.25) is 9.89 Å². The van der Waals surface area contributed by atoms with Crippen molar-refractivity contribution in [2.75, 3.05) is 0 Å². The highest BCUT2D eigenvalue weighted by atomic mass is 35.5. The van der Waals surface area contributed by atoms with Crippen LogP contribution in [0.3, 0.4) is 0 Å². The third-order valence-corrected chi connectivity index (χ3v) is 2.70. The summed E-state index contributed by atoms with van der Waals surface area (Å²) in [5, 5.41) is 3.67. The molecule has 0 aliphatic rings. The Morgan fingerprint density at radius 1 is 1.20 bits per heavy atom. The summed E-state index contributed by atoms with van der Waals surface area (Å²) in [7, 11) is 0. The van der Waals surface area contributed by atoms with Crippen molar-refractivity contribution in [1.82, 2.24) is 9.78 Å². The highest BCUT2D eigenvalue weighted by Crippen LogP contribution is 2.12. The Labute approximate surface area is 92.3 Å². The quantitative estimate of drug-likeness (QED) is 0.791. The predicted molar refractivity (Wildman–Crippen MR) is 60.9 cm³/mol. The van der Waals surface area contributed by atoms with Crippen LogP contribution < -0.4 is 5.56 Å². The summed E-state index contributed by atoms with van der Waals surface area (Å²) in [6.45, 7) is 3.68. The summed E-state index contributed by atoms with van der Waals surface area (Å²) < 4.78 is 1.51. The van der Waals surface area contributed by atoms with Gasteiger partial charge in [-0.05, 0) is 38.1 Å². The van der Waals surface area contributed by atoms with Crippen LogP contribution in [0.15, 0.2) is 29.1 Å². The summed E-state index contributed by atoms with van der Waals surface area (Å²) in [6, 6.07) is 7.13. The minimum atomic E-state index is -0.0187. The normalized spacial score (nSPS) is 10.6. The lowest BCUT2D eigenvalue weighted by molar-refractivity contribution is 0.835. The van der Waals surface area contributed by atoms with Gasteiger partial charge in [0.2, 0.25) is 0 Å². The Morgan fingerprint density at radius 2 is 1.80 bits per heavy atom. The van der Waals surface area contributed by atoms with Crippen LogP contribution in [0.5, 0.6) is 0 Å². The van der Waals surface area contributed by atoms with Crippen LogP contribution in [-0.4, -0.2) is 9.78 Å². The van der Waals surface area contributed by atoms with Gasteiger partial charge in [0.25, 0.3) is 5.56 Å². The summed E-state index contributed by atoms with van der Waals surface area (Å²) in [6.07, 6.45) is 0. The van der Waals surface area contributed by atoms with E-state index in [1.54, 1.807) is 31.2 Å². The molecule has 0 aliphatic heterocycles. The maximum Gasteiger partial charge on any atom is 0.274 e. The molecular weight excluding hydrogens is 212 g/mol. The first-order chi connectivity index (χ1) is 7.09. The number of nitrogens with zero attached hydrogens (tertiary/aromatic N) is 1. The minimum absolute atomic E-state index is 0.0187. The molecule has 1 heterocycles. The molecular formula is C11H11ClN2O. The molecule has 0 aliphatic carbocycles. The van der Waals surface area contributed by atoms with Gasteiger partial charge >= 0.3 is 0 Å². The molecule has 0 bridgehead atoms. The SMILES string of the molecule is Cc1[nH]n(-c2ccc(Cl)cc2)c(=O)c1C. The number of aromatic nitrogens is 2. The maximum atomic E-state index is 11.8. The zero-order valence-electron chi connectivity index (χ0n) is 8.54. The Morgan fingerprint density at radius 3 is 2.27 bits per heavy atom. The van der Waals surface area contributed by atoms with Crippen LogP contribution in [0.25, 0.3) is 5.69 Å². The molecule has 2 aromatic rings. The van der Waals surface area contributed by atoms with Crippen molar-refractivity contribution in [1.29, 1.82) is 0 Å². The average molecular weight is 223 g/mol. The molecule has 0 fully saturated rings. The van der Waals surface area contributed by atoms with Gasteiger partial charge in [-0.2, -0.15) is 0 Å². The number of halogens is 1. The molecule has 0 saturated carbocycles. The van der Waals surface area contributed by atoms with Crippen molar-refractivity contribution in [3.63, 3.8) is 0 Å². The van der Waals surface area contributed by atoms with Gasteiger partial charge in [0, 0.05) is 16.3 Å². The first-order valence-electron chi connectivity index (χ1n) is 4.64. The van der Waals surface area contributed by atoms with Crippen LogP contribution in [0.4, 0.5) is 0 Å². The Bertz CT molecular complexity index is 537. The summed E-state index contributed by atoms with van der Waals surface area (Å²) in [5.41, 5.74) is 2.40. The van der Waals surface area contributed by atoms with E-state index in [2.05, 4.69) is 5.10 Å². The molecule has 1 aromatic carbocycles. The van der Waals surface area contributed by atoms with E-state index in [-0.39, 0.29) is 5.56 Å². The van der Waals surface area contributed by atoms with Crippen LogP contribution in [0, 0.1) is 13.8 Å². The molecule has 4 heteroatoms. The molecule has 0 unspecified atom stereocenters. The highest BCUT2D eigenvalue weighted by molar-refractivity contribution is 6.30. The molecule has 3 nitrogen and oxygen atoms in total. The van der Waals surface area contributed by atoms with Gasteiger partial charge in [-0.1, -0.05) is 11.6 Å². The average Bonchev–Trinajstić information content (AvgIpc) is 2.47. The minimum Gasteiger partial charge on any atom is -0.295 e. The fourth-order valence-electron chi connectivity index (χ4n) is 1.40. The number of benzene rings is 1. The largest absolute Gasteiger partial charge is 0.295 e. The Kier molecular flexibility index (Phi) is 2.40. The Hall–Kier alpha value is -1.48. The van der Waals surface area contributed by atoms with Gasteiger partial charge < -0.3 is 0 Å². The monoisotopic (exact) mass is 222 g/mol. The van der Waals surface area contributed by atoms with Gasteiger partial charge in [-0.15, -0.1) is 0 Å². The lowest BCUT2D eigenvalue weighted by Gasteiger charge is -2.00. The molecule has 15 heavy (non-hydrogen) atoms. The standard InChI is InChI=1S/C11H11ClN2O/c1-7-8(2)13-14(11(7)15)10-5-3-9(12)4-6-10/h3-6,13H,1-2H3. The second-order valence-electron chi connectivity index (χ2n) is 3.48. The second-order valence-corrected chi connectivity index (χ2v) is 3.92. The Balaban J connectivity index is 2.59. The molecule has 0 saturated heterocycles. The molecule has 1 N–H and O–H groups in total. The number of hydrogen-bond acceptors (Lipinski definition) is 1. The van der Waals surface area contributed by atoms with Crippen molar-refractivity contribution in [3.05, 3.63) is 50.9 Å². The van der Waals surface area contributed by atoms with Gasteiger partial charge in [-0.25, -0.2) is 4.68 Å². The lowest BCUT2D eigenvalue weighted by atomic mass is 10.3. The van der Waals surface area contributed by atoms with Crippen LogP contribution in [0.2, 0.25) is 5.02 Å². The van der Waals surface area contributed by atoms with E-state index in [0.717, 1.165) is 16.9 Å². The van der Waals surface area contributed by atoms with E-state index in [9.17, 15) is 4.79 Å². The van der Waals surface area contributed by atoms with Crippen molar-refractivity contribution in [2.45, 2.75) is 13.8 Å². The lowest BCUT2D eigenvalue weighted by Crippen LogP contribution is -2.15. The molecule has 0 radical (unpaired) electrons. The van der Waals surface area contributed by atoms with Gasteiger partial charge in [0.1, 0.15) is 0 Å². The highest BCUT2D eigenvalue weighted by Gasteiger charge is 2.07. The van der Waals surface area contributed by atoms with Gasteiger partial charge in [0.15, 0.2) is 0 Å². The predicted octanol–water partition coefficient (Wildman–Crippen LogP) is 2.44. The number of H-pyrrole nitrogens is 1. The van der Waals surface area contributed by atoms with E-state index in [1.807, 2.05) is 6.92 Å². The zero-order chi connectivity index (χ0) is 11.0. The number of aryl methyl sites for hydroxylation is 1. The topological polar surface area (TPSA) is 37.8 Å². The first-order valence-corrected chi connectivity index (χ1v) is 5.01. The van der Waals surface area contributed by atoms with E-state index < -0.39 is 0 Å². The number of hydrogen-bond donors (Lipinski definition) is 1. The fourth-order valence-corrected chi connectivity index (χ4v) is 1.53. The summed E-state index contributed by atoms with van der Waals surface area (Å²) in [5.74, 6) is 0. The zero-order valence-corrected chi connectivity index (χ0v) is 9.30. The van der Waals surface area contributed by atoms with E-state index in [1.165, 1.54) is 4.68 Å². The molecule has 2 rings (SSSR count). The third kappa shape index (κ3) is 1.70. The fraction of sp³-hybridized carbons (Fsp3) is 0.182. The summed E-state index contributed by atoms with van der Waals surface area (Å²) >= 11 is 5.78. The molecule has 0 spiro atoms. The van der Waals surface area contributed by atoms with Gasteiger partial charge in [0.05, 0.1) is 5.69 Å². The van der Waals surface area contributed by atoms with E-state index in [0.29, 0.717) is 5.02 Å². The molecule has 0 amide bonds. The molecule has 1 aromatic heterocycles. The van der Waals surface area contributed by atoms with Crippen molar-refractivity contribution in [3.8, 4) is 5.69 Å². The number of rotatable bonds is 1. The van der Waals surface area contributed by atoms with Crippen molar-refractivity contribution < 1.29 is 0 Å².